The molecule has 0 aromatic heterocycles. The van der Waals surface area contributed by atoms with E-state index in [4.69, 9.17) is 10.5 Å². The fraction of sp³-hybridized carbons (Fsp3) is 0.500. The van der Waals surface area contributed by atoms with Gasteiger partial charge >= 0.3 is 0 Å². The van der Waals surface area contributed by atoms with Gasteiger partial charge in [0.2, 0.25) is 0 Å². The molecule has 1 atom stereocenters. The van der Waals surface area contributed by atoms with Crippen molar-refractivity contribution < 1.29 is 9.84 Å². The Morgan fingerprint density at radius 3 is 2.60 bits per heavy atom. The van der Waals surface area contributed by atoms with Crippen molar-refractivity contribution in [1.82, 2.24) is 4.90 Å². The van der Waals surface area contributed by atoms with Crippen LogP contribution in [0.3, 0.4) is 0 Å². The summed E-state index contributed by atoms with van der Waals surface area (Å²) in [6.45, 7) is 4.51. The average Bonchev–Trinajstić information content (AvgIpc) is 2.44. The highest BCUT2D eigenvalue weighted by Crippen LogP contribution is 2.11. The van der Waals surface area contributed by atoms with Crippen LogP contribution in [0.4, 0.5) is 0 Å². The number of hydrogen-bond donors (Lipinski definition) is 2. The molecule has 1 aromatic carbocycles. The fourth-order valence-electron chi connectivity index (χ4n) is 1.63. The molecule has 0 aliphatic rings. The molecule has 20 heavy (non-hydrogen) atoms. The maximum Gasteiger partial charge on any atom is 0.119 e. The first-order valence-corrected chi connectivity index (χ1v) is 6.90. The summed E-state index contributed by atoms with van der Waals surface area (Å²) >= 11 is 0. The first kappa shape index (κ1) is 16.5. The second-order valence-corrected chi connectivity index (χ2v) is 4.82. The number of rotatable bonds is 7. The quantitative estimate of drug-likeness (QED) is 0.732. The molecule has 0 aliphatic carbocycles. The zero-order valence-corrected chi connectivity index (χ0v) is 12.3. The van der Waals surface area contributed by atoms with E-state index in [1.807, 2.05) is 31.3 Å². The first-order chi connectivity index (χ1) is 9.61. The van der Waals surface area contributed by atoms with Crippen molar-refractivity contribution in [2.45, 2.75) is 19.4 Å². The maximum absolute atomic E-state index is 9.22. The Bertz CT molecular complexity index is 432. The van der Waals surface area contributed by atoms with E-state index in [1.54, 1.807) is 6.92 Å². The number of aliphatic hydroxyl groups is 1. The van der Waals surface area contributed by atoms with Crippen LogP contribution in [-0.2, 0) is 0 Å². The number of benzene rings is 1. The van der Waals surface area contributed by atoms with E-state index >= 15 is 0 Å². The number of nitrogens with two attached hydrogens (primary N) is 1. The van der Waals surface area contributed by atoms with Crippen LogP contribution in [0.15, 0.2) is 24.3 Å². The molecule has 0 saturated carbocycles. The van der Waals surface area contributed by atoms with Gasteiger partial charge in [-0.25, -0.2) is 0 Å². The Hall–Kier alpha value is -1.54. The van der Waals surface area contributed by atoms with Crippen molar-refractivity contribution in [3.8, 4) is 17.6 Å². The average molecular weight is 276 g/mol. The highest BCUT2D eigenvalue weighted by atomic mass is 16.5. The lowest BCUT2D eigenvalue weighted by Crippen LogP contribution is -2.27. The van der Waals surface area contributed by atoms with Crippen LogP contribution in [0.25, 0.3) is 0 Å². The van der Waals surface area contributed by atoms with E-state index in [1.165, 1.54) is 0 Å². The monoisotopic (exact) mass is 276 g/mol. The summed E-state index contributed by atoms with van der Waals surface area (Å²) in [5, 5.41) is 9.22. The smallest absolute Gasteiger partial charge is 0.119 e. The van der Waals surface area contributed by atoms with Gasteiger partial charge in [-0.15, -0.1) is 0 Å². The topological polar surface area (TPSA) is 58.7 Å². The molecule has 110 valence electrons. The molecule has 0 fully saturated rings. The molecule has 0 radical (unpaired) electrons. The largest absolute Gasteiger partial charge is 0.492 e. The van der Waals surface area contributed by atoms with Crippen LogP contribution in [0.1, 0.15) is 18.9 Å². The third kappa shape index (κ3) is 7.15. The first-order valence-electron chi connectivity index (χ1n) is 6.90. The summed E-state index contributed by atoms with van der Waals surface area (Å²) < 4.78 is 5.67. The predicted octanol–water partition coefficient (Wildman–Crippen LogP) is 1.08. The lowest BCUT2D eigenvalue weighted by atomic mass is 10.2. The SMILES string of the molecule is CC(O)CCN(C)CCOc1ccc(C#CCN)cc1. The molecule has 0 spiro atoms. The van der Waals surface area contributed by atoms with Gasteiger partial charge in [0.05, 0.1) is 12.6 Å². The summed E-state index contributed by atoms with van der Waals surface area (Å²) in [6, 6.07) is 7.68. The molecular formula is C16H24N2O2. The standard InChI is InChI=1S/C16H24N2O2/c1-14(19)9-11-18(2)12-13-20-16-7-5-15(6-8-16)4-3-10-17/h5-8,14,19H,9-13,17H2,1-2H3. The van der Waals surface area contributed by atoms with E-state index in [2.05, 4.69) is 16.7 Å². The van der Waals surface area contributed by atoms with Crippen molar-refractivity contribution >= 4 is 0 Å². The zero-order valence-electron chi connectivity index (χ0n) is 12.3. The van der Waals surface area contributed by atoms with Crippen LogP contribution in [0.5, 0.6) is 5.75 Å². The summed E-state index contributed by atoms with van der Waals surface area (Å²) in [7, 11) is 2.03. The predicted molar refractivity (Wildman–Crippen MR) is 81.7 cm³/mol. The maximum atomic E-state index is 9.22. The van der Waals surface area contributed by atoms with E-state index in [0.29, 0.717) is 13.2 Å². The minimum absolute atomic E-state index is 0.249. The molecular weight excluding hydrogens is 252 g/mol. The molecule has 0 amide bonds. The highest BCUT2D eigenvalue weighted by molar-refractivity contribution is 5.38. The van der Waals surface area contributed by atoms with Crippen molar-refractivity contribution in [2.75, 3.05) is 33.3 Å². The van der Waals surface area contributed by atoms with Gasteiger partial charge in [0, 0.05) is 18.7 Å². The number of likely N-dealkylation sites (N-methyl/N-ethyl adjacent to an activating group) is 1. The summed E-state index contributed by atoms with van der Waals surface area (Å²) in [4.78, 5) is 2.15. The summed E-state index contributed by atoms with van der Waals surface area (Å²) in [6.07, 6.45) is 0.533. The van der Waals surface area contributed by atoms with Crippen LogP contribution >= 0.6 is 0 Å². The zero-order chi connectivity index (χ0) is 14.8. The van der Waals surface area contributed by atoms with Crippen LogP contribution < -0.4 is 10.5 Å². The molecule has 4 heteroatoms. The molecule has 4 nitrogen and oxygen atoms in total. The summed E-state index contributed by atoms with van der Waals surface area (Å²) in [5.74, 6) is 6.63. The van der Waals surface area contributed by atoms with Crippen LogP contribution in [0, 0.1) is 11.8 Å². The Morgan fingerprint density at radius 2 is 2.00 bits per heavy atom. The van der Waals surface area contributed by atoms with Gasteiger partial charge in [-0.05, 0) is 44.7 Å². The Balaban J connectivity index is 2.28. The van der Waals surface area contributed by atoms with Gasteiger partial charge in [0.1, 0.15) is 12.4 Å². The molecule has 0 bridgehead atoms. The molecule has 1 unspecified atom stereocenters. The molecule has 1 aromatic rings. The fourth-order valence-corrected chi connectivity index (χ4v) is 1.63. The lowest BCUT2D eigenvalue weighted by molar-refractivity contribution is 0.157. The number of aliphatic hydroxyl groups excluding tert-OH is 1. The van der Waals surface area contributed by atoms with Gasteiger partial charge in [-0.1, -0.05) is 11.8 Å². The minimum atomic E-state index is -0.249. The van der Waals surface area contributed by atoms with Crippen molar-refractivity contribution in [2.24, 2.45) is 5.73 Å². The van der Waals surface area contributed by atoms with Gasteiger partial charge in [-0.3, -0.25) is 0 Å². The minimum Gasteiger partial charge on any atom is -0.492 e. The second kappa shape index (κ2) is 9.38. The van der Waals surface area contributed by atoms with Gasteiger partial charge in [-0.2, -0.15) is 0 Å². The van der Waals surface area contributed by atoms with Gasteiger partial charge < -0.3 is 20.5 Å². The number of nitrogens with zero attached hydrogens (tertiary/aromatic N) is 1. The van der Waals surface area contributed by atoms with Crippen molar-refractivity contribution in [3.63, 3.8) is 0 Å². The molecule has 0 saturated heterocycles. The van der Waals surface area contributed by atoms with Gasteiger partial charge in [0.25, 0.3) is 0 Å². The highest BCUT2D eigenvalue weighted by Gasteiger charge is 2.02. The molecule has 1 rings (SSSR count). The van der Waals surface area contributed by atoms with Crippen molar-refractivity contribution in [1.29, 1.82) is 0 Å². The molecule has 0 heterocycles. The van der Waals surface area contributed by atoms with Crippen molar-refractivity contribution in [3.05, 3.63) is 29.8 Å². The van der Waals surface area contributed by atoms with Crippen LogP contribution in [0.2, 0.25) is 0 Å². The molecule has 3 N–H and O–H groups in total. The normalized spacial score (nSPS) is 11.8. The third-order valence-corrected chi connectivity index (χ3v) is 2.86. The number of ether oxygens (including phenoxy) is 1. The summed E-state index contributed by atoms with van der Waals surface area (Å²) in [5.41, 5.74) is 6.27. The third-order valence-electron chi connectivity index (χ3n) is 2.86. The van der Waals surface area contributed by atoms with E-state index in [0.717, 1.165) is 30.8 Å². The Kier molecular flexibility index (Phi) is 7.74. The van der Waals surface area contributed by atoms with E-state index in [-0.39, 0.29) is 6.10 Å². The van der Waals surface area contributed by atoms with Gasteiger partial charge in [0.15, 0.2) is 0 Å². The van der Waals surface area contributed by atoms with Crippen LogP contribution in [-0.4, -0.2) is 49.4 Å². The van der Waals surface area contributed by atoms with E-state index in [9.17, 15) is 5.11 Å². The Labute approximate surface area is 121 Å². The second-order valence-electron chi connectivity index (χ2n) is 4.82. The lowest BCUT2D eigenvalue weighted by Gasteiger charge is -2.17. The van der Waals surface area contributed by atoms with E-state index < -0.39 is 0 Å². The molecule has 0 aliphatic heterocycles. The Morgan fingerprint density at radius 1 is 1.30 bits per heavy atom. The number of hydrogen-bond acceptors (Lipinski definition) is 4.